The SMILES string of the molecule is COc1ccc(C2C(=O)C3Cc4c([nH]c5ccccc45)C(C)N3C2=S)cc1. The number of ketones is 1. The van der Waals surface area contributed by atoms with Crippen LogP contribution in [0.3, 0.4) is 0 Å². The Morgan fingerprint density at radius 3 is 2.63 bits per heavy atom. The van der Waals surface area contributed by atoms with Crippen molar-refractivity contribution in [3.05, 3.63) is 65.4 Å². The number of aromatic nitrogens is 1. The Balaban J connectivity index is 1.56. The fraction of sp³-hybridized carbons (Fsp3) is 0.273. The lowest BCUT2D eigenvalue weighted by Gasteiger charge is -2.36. The number of nitrogens with one attached hydrogen (secondary N) is 1. The van der Waals surface area contributed by atoms with Crippen LogP contribution < -0.4 is 4.74 Å². The average molecular weight is 376 g/mol. The van der Waals surface area contributed by atoms with Gasteiger partial charge in [-0.05, 0) is 36.2 Å². The first-order chi connectivity index (χ1) is 13.1. The number of para-hydroxylation sites is 1. The molecule has 0 spiro atoms. The number of carbonyl (C=O) groups is 1. The quantitative estimate of drug-likeness (QED) is 0.682. The molecule has 1 saturated heterocycles. The number of Topliss-reactive ketones (excluding diaryl/α,β-unsaturated/α-hetero) is 1. The van der Waals surface area contributed by atoms with Gasteiger partial charge in [0.1, 0.15) is 5.75 Å². The molecule has 2 aromatic carbocycles. The summed E-state index contributed by atoms with van der Waals surface area (Å²) in [5, 5.41) is 1.21. The summed E-state index contributed by atoms with van der Waals surface area (Å²) in [7, 11) is 1.64. The number of methoxy groups -OCH3 is 1. The zero-order valence-electron chi connectivity index (χ0n) is 15.2. The second-order valence-corrected chi connectivity index (χ2v) is 7.73. The van der Waals surface area contributed by atoms with Gasteiger partial charge in [0.2, 0.25) is 0 Å². The zero-order chi connectivity index (χ0) is 18.7. The maximum atomic E-state index is 13.3. The largest absolute Gasteiger partial charge is 0.497 e. The highest BCUT2D eigenvalue weighted by atomic mass is 32.1. The molecule has 3 unspecified atom stereocenters. The number of aromatic amines is 1. The van der Waals surface area contributed by atoms with Gasteiger partial charge < -0.3 is 14.6 Å². The number of hydrogen-bond acceptors (Lipinski definition) is 3. The minimum Gasteiger partial charge on any atom is -0.497 e. The number of carbonyl (C=O) groups excluding carboxylic acids is 1. The first kappa shape index (κ1) is 16.5. The van der Waals surface area contributed by atoms with Gasteiger partial charge in [-0.15, -0.1) is 0 Å². The number of hydrogen-bond donors (Lipinski definition) is 1. The van der Waals surface area contributed by atoms with E-state index in [2.05, 4.69) is 35.0 Å². The molecular weight excluding hydrogens is 356 g/mol. The van der Waals surface area contributed by atoms with Gasteiger partial charge in [0.25, 0.3) is 0 Å². The van der Waals surface area contributed by atoms with Gasteiger partial charge >= 0.3 is 0 Å². The van der Waals surface area contributed by atoms with Crippen molar-refractivity contribution >= 4 is 33.9 Å². The fourth-order valence-electron chi connectivity index (χ4n) is 4.65. The van der Waals surface area contributed by atoms with Gasteiger partial charge in [-0.3, -0.25) is 4.79 Å². The molecule has 4 nitrogen and oxygen atoms in total. The van der Waals surface area contributed by atoms with Crippen LogP contribution in [0.5, 0.6) is 5.75 Å². The van der Waals surface area contributed by atoms with Crippen molar-refractivity contribution in [1.29, 1.82) is 0 Å². The van der Waals surface area contributed by atoms with Crippen LogP contribution in [-0.2, 0) is 11.2 Å². The van der Waals surface area contributed by atoms with Crippen LogP contribution in [-0.4, -0.2) is 33.8 Å². The molecule has 5 rings (SSSR count). The minimum absolute atomic E-state index is 0.0610. The Morgan fingerprint density at radius 2 is 1.89 bits per heavy atom. The van der Waals surface area contributed by atoms with E-state index in [0.29, 0.717) is 6.42 Å². The summed E-state index contributed by atoms with van der Waals surface area (Å²) in [4.78, 5) is 19.8. The van der Waals surface area contributed by atoms with Gasteiger partial charge in [0, 0.05) is 23.0 Å². The molecule has 1 fully saturated rings. The average Bonchev–Trinajstić information content (AvgIpc) is 3.18. The minimum atomic E-state index is -0.353. The van der Waals surface area contributed by atoms with Crippen molar-refractivity contribution in [3.8, 4) is 5.75 Å². The van der Waals surface area contributed by atoms with Crippen LogP contribution in [0.1, 0.15) is 35.7 Å². The topological polar surface area (TPSA) is 45.3 Å². The first-order valence-corrected chi connectivity index (χ1v) is 9.60. The van der Waals surface area contributed by atoms with Crippen molar-refractivity contribution in [1.82, 2.24) is 9.88 Å². The third kappa shape index (κ3) is 2.28. The second kappa shape index (κ2) is 5.92. The number of thiocarbonyl (C=S) groups is 1. The Labute approximate surface area is 163 Å². The lowest BCUT2D eigenvalue weighted by atomic mass is 9.90. The van der Waals surface area contributed by atoms with Crippen LogP contribution in [0.4, 0.5) is 0 Å². The van der Waals surface area contributed by atoms with Crippen molar-refractivity contribution in [2.24, 2.45) is 0 Å². The van der Waals surface area contributed by atoms with E-state index < -0.39 is 0 Å². The maximum Gasteiger partial charge on any atom is 0.169 e. The molecule has 0 saturated carbocycles. The molecular formula is C22H20N2O2S. The number of H-pyrrole nitrogens is 1. The number of fused-ring (bicyclic) bond motifs is 4. The van der Waals surface area contributed by atoms with Gasteiger partial charge in [0.15, 0.2) is 5.78 Å². The van der Waals surface area contributed by atoms with Crippen molar-refractivity contribution in [2.75, 3.05) is 7.11 Å². The summed E-state index contributed by atoms with van der Waals surface area (Å²) in [5.74, 6) is 0.629. The van der Waals surface area contributed by atoms with E-state index in [1.54, 1.807) is 7.11 Å². The van der Waals surface area contributed by atoms with Crippen LogP contribution >= 0.6 is 12.2 Å². The highest BCUT2D eigenvalue weighted by Gasteiger charge is 2.50. The summed E-state index contributed by atoms with van der Waals surface area (Å²) in [5.41, 5.74) is 4.50. The van der Waals surface area contributed by atoms with Gasteiger partial charge in [-0.2, -0.15) is 0 Å². The van der Waals surface area contributed by atoms with Gasteiger partial charge in [-0.1, -0.05) is 42.5 Å². The van der Waals surface area contributed by atoms with Crippen LogP contribution in [0.15, 0.2) is 48.5 Å². The molecule has 3 atom stereocenters. The lowest BCUT2D eigenvalue weighted by molar-refractivity contribution is -0.121. The molecule has 27 heavy (non-hydrogen) atoms. The molecule has 3 heterocycles. The number of benzene rings is 2. The molecule has 0 aliphatic carbocycles. The normalized spacial score (nSPS) is 24.2. The summed E-state index contributed by atoms with van der Waals surface area (Å²) in [6.45, 7) is 2.14. The predicted octanol–water partition coefficient (Wildman–Crippen LogP) is 4.16. The molecule has 1 N–H and O–H groups in total. The van der Waals surface area contributed by atoms with E-state index in [0.717, 1.165) is 21.8 Å². The molecule has 0 bridgehead atoms. The lowest BCUT2D eigenvalue weighted by Crippen LogP contribution is -2.42. The van der Waals surface area contributed by atoms with Crippen LogP contribution in [0.2, 0.25) is 0 Å². The summed E-state index contributed by atoms with van der Waals surface area (Å²) in [6.07, 6.45) is 0.704. The first-order valence-electron chi connectivity index (χ1n) is 9.19. The third-order valence-electron chi connectivity index (χ3n) is 5.98. The van der Waals surface area contributed by atoms with E-state index in [1.165, 1.54) is 16.6 Å². The summed E-state index contributed by atoms with van der Waals surface area (Å²) < 4.78 is 5.24. The Hall–Kier alpha value is -2.66. The standard InChI is InChI=1S/C22H20N2O2S/c1-12-20-16(15-5-3-4-6-17(15)23-20)11-18-21(25)19(22(27)24(12)18)13-7-9-14(26-2)10-8-13/h3-10,12,18-19,23H,11H2,1-2H3. The molecule has 5 heteroatoms. The number of rotatable bonds is 2. The third-order valence-corrected chi connectivity index (χ3v) is 6.42. The van der Waals surface area contributed by atoms with Gasteiger partial charge in [0.05, 0.1) is 30.1 Å². The molecule has 136 valence electrons. The van der Waals surface area contributed by atoms with Crippen molar-refractivity contribution in [2.45, 2.75) is 31.3 Å². The van der Waals surface area contributed by atoms with E-state index in [9.17, 15) is 4.79 Å². The Morgan fingerprint density at radius 1 is 1.15 bits per heavy atom. The second-order valence-electron chi connectivity index (χ2n) is 7.31. The summed E-state index contributed by atoms with van der Waals surface area (Å²) >= 11 is 5.81. The Bertz CT molecular complexity index is 1070. The fourth-order valence-corrected chi connectivity index (χ4v) is 5.18. The molecule has 2 aliphatic rings. The van der Waals surface area contributed by atoms with Crippen molar-refractivity contribution < 1.29 is 9.53 Å². The number of nitrogens with zero attached hydrogens (tertiary/aromatic N) is 1. The predicted molar refractivity (Wildman–Crippen MR) is 109 cm³/mol. The van der Waals surface area contributed by atoms with Crippen LogP contribution in [0.25, 0.3) is 10.9 Å². The van der Waals surface area contributed by atoms with E-state index in [-0.39, 0.29) is 23.8 Å². The van der Waals surface area contributed by atoms with Gasteiger partial charge in [-0.25, -0.2) is 0 Å². The number of ether oxygens (including phenoxy) is 1. The zero-order valence-corrected chi connectivity index (χ0v) is 16.0. The molecule has 3 aromatic rings. The van der Waals surface area contributed by atoms with Crippen molar-refractivity contribution in [3.63, 3.8) is 0 Å². The highest BCUT2D eigenvalue weighted by molar-refractivity contribution is 7.80. The maximum absolute atomic E-state index is 13.3. The monoisotopic (exact) mass is 376 g/mol. The molecule has 2 aliphatic heterocycles. The molecule has 0 amide bonds. The van der Waals surface area contributed by atoms with Crippen LogP contribution in [0, 0.1) is 0 Å². The van der Waals surface area contributed by atoms with E-state index in [4.69, 9.17) is 17.0 Å². The van der Waals surface area contributed by atoms with E-state index >= 15 is 0 Å². The van der Waals surface area contributed by atoms with E-state index in [1.807, 2.05) is 30.3 Å². The molecule has 1 aromatic heterocycles. The highest BCUT2D eigenvalue weighted by Crippen LogP contribution is 2.44. The smallest absolute Gasteiger partial charge is 0.169 e. The molecule has 0 radical (unpaired) electrons. The summed E-state index contributed by atoms with van der Waals surface area (Å²) in [6, 6.07) is 15.9. The Kier molecular flexibility index (Phi) is 3.62.